The van der Waals surface area contributed by atoms with Crippen molar-refractivity contribution in [3.8, 4) is 0 Å². The summed E-state index contributed by atoms with van der Waals surface area (Å²) < 4.78 is 5.46. The third-order valence-corrected chi connectivity index (χ3v) is 3.93. The van der Waals surface area contributed by atoms with Crippen LogP contribution in [0.25, 0.3) is 0 Å². The van der Waals surface area contributed by atoms with E-state index in [9.17, 15) is 5.11 Å². The molecule has 0 bridgehead atoms. The quantitative estimate of drug-likeness (QED) is 0.868. The average molecular weight is 234 g/mol. The molecule has 17 heavy (non-hydrogen) atoms. The van der Waals surface area contributed by atoms with E-state index in [2.05, 4.69) is 31.2 Å². The molecule has 1 N–H and O–H groups in total. The topological polar surface area (TPSA) is 29.5 Å². The lowest BCUT2D eigenvalue weighted by Crippen LogP contribution is -2.44. The normalized spacial score (nSPS) is 21.1. The van der Waals surface area contributed by atoms with E-state index in [0.717, 1.165) is 38.9 Å². The van der Waals surface area contributed by atoms with Gasteiger partial charge in [-0.3, -0.25) is 0 Å². The molecule has 0 aromatic heterocycles. The summed E-state index contributed by atoms with van der Waals surface area (Å²) in [6.07, 6.45) is 3.50. The molecule has 1 aromatic rings. The highest BCUT2D eigenvalue weighted by Crippen LogP contribution is 2.39. The van der Waals surface area contributed by atoms with E-state index in [1.54, 1.807) is 0 Å². The highest BCUT2D eigenvalue weighted by Gasteiger charge is 2.40. The molecule has 0 radical (unpaired) electrons. The van der Waals surface area contributed by atoms with Crippen molar-refractivity contribution in [2.75, 3.05) is 13.2 Å². The van der Waals surface area contributed by atoms with Gasteiger partial charge in [0.2, 0.25) is 0 Å². The molecule has 0 aliphatic carbocycles. The predicted molar refractivity (Wildman–Crippen MR) is 69.1 cm³/mol. The Kier molecular flexibility index (Phi) is 4.19. The van der Waals surface area contributed by atoms with Crippen molar-refractivity contribution in [2.24, 2.45) is 0 Å². The number of rotatable bonds is 4. The maximum atomic E-state index is 10.5. The number of hydrogen-bond donors (Lipinski definition) is 1. The molecule has 2 rings (SSSR count). The second-order valence-electron chi connectivity index (χ2n) is 4.94. The van der Waals surface area contributed by atoms with Crippen LogP contribution in [0.1, 0.15) is 38.2 Å². The summed E-state index contributed by atoms with van der Waals surface area (Å²) in [6, 6.07) is 10.4. The standard InChI is InChI=1S/C15H22O2/c1-2-6-14(16)15(9-11-17-12-10-15)13-7-4-3-5-8-13/h3-5,7-8,14,16H,2,6,9-12H2,1H3/t14-/m0/s1. The fraction of sp³-hybridized carbons (Fsp3) is 0.600. The van der Waals surface area contributed by atoms with Gasteiger partial charge in [-0.25, -0.2) is 0 Å². The highest BCUT2D eigenvalue weighted by atomic mass is 16.5. The lowest BCUT2D eigenvalue weighted by molar-refractivity contribution is -0.0190. The molecule has 0 unspecified atom stereocenters. The minimum absolute atomic E-state index is 0.0878. The van der Waals surface area contributed by atoms with Crippen molar-refractivity contribution in [1.29, 1.82) is 0 Å². The molecule has 0 amide bonds. The molecule has 1 aliphatic heterocycles. The summed E-state index contributed by atoms with van der Waals surface area (Å²) in [6.45, 7) is 3.65. The first kappa shape index (κ1) is 12.6. The number of ether oxygens (including phenoxy) is 1. The molecule has 1 fully saturated rings. The van der Waals surface area contributed by atoms with Gasteiger partial charge in [-0.1, -0.05) is 43.7 Å². The maximum Gasteiger partial charge on any atom is 0.0638 e. The molecular formula is C15H22O2. The van der Waals surface area contributed by atoms with E-state index in [1.807, 2.05) is 6.07 Å². The van der Waals surface area contributed by atoms with E-state index >= 15 is 0 Å². The van der Waals surface area contributed by atoms with Crippen LogP contribution in [0.15, 0.2) is 30.3 Å². The summed E-state index contributed by atoms with van der Waals surface area (Å²) in [7, 11) is 0. The van der Waals surface area contributed by atoms with Gasteiger partial charge in [0.1, 0.15) is 0 Å². The second kappa shape index (κ2) is 5.65. The molecule has 1 atom stereocenters. The van der Waals surface area contributed by atoms with Crippen molar-refractivity contribution in [2.45, 2.75) is 44.1 Å². The Morgan fingerprint density at radius 1 is 1.24 bits per heavy atom. The summed E-state index contributed by atoms with van der Waals surface area (Å²) in [5.41, 5.74) is 1.18. The minimum atomic E-state index is -0.251. The summed E-state index contributed by atoms with van der Waals surface area (Å²) >= 11 is 0. The lowest BCUT2D eigenvalue weighted by Gasteiger charge is -2.41. The Bertz CT molecular complexity index is 328. The van der Waals surface area contributed by atoms with Gasteiger partial charge in [-0.2, -0.15) is 0 Å². The van der Waals surface area contributed by atoms with E-state index in [1.165, 1.54) is 5.56 Å². The number of aliphatic hydroxyl groups excluding tert-OH is 1. The number of aliphatic hydroxyl groups is 1. The first-order chi connectivity index (χ1) is 8.29. The van der Waals surface area contributed by atoms with E-state index < -0.39 is 0 Å². The van der Waals surface area contributed by atoms with Gasteiger partial charge >= 0.3 is 0 Å². The smallest absolute Gasteiger partial charge is 0.0638 e. The highest BCUT2D eigenvalue weighted by molar-refractivity contribution is 5.27. The molecule has 1 aliphatic rings. The molecule has 0 spiro atoms. The van der Waals surface area contributed by atoms with Crippen molar-refractivity contribution in [3.63, 3.8) is 0 Å². The SMILES string of the molecule is CCC[C@H](O)C1(c2ccccc2)CCOCC1. The zero-order chi connectivity index (χ0) is 12.1. The molecule has 94 valence electrons. The van der Waals surface area contributed by atoms with Crippen molar-refractivity contribution < 1.29 is 9.84 Å². The van der Waals surface area contributed by atoms with Gasteiger partial charge in [0.15, 0.2) is 0 Å². The second-order valence-corrected chi connectivity index (χ2v) is 4.94. The molecule has 1 saturated heterocycles. The lowest BCUT2D eigenvalue weighted by atomic mass is 9.69. The van der Waals surface area contributed by atoms with Gasteiger partial charge in [0.05, 0.1) is 6.10 Å². The summed E-state index contributed by atoms with van der Waals surface area (Å²) in [5.74, 6) is 0. The molecule has 2 heteroatoms. The van der Waals surface area contributed by atoms with Crippen molar-refractivity contribution in [1.82, 2.24) is 0 Å². The van der Waals surface area contributed by atoms with Crippen molar-refractivity contribution >= 4 is 0 Å². The van der Waals surface area contributed by atoms with Gasteiger partial charge in [0, 0.05) is 18.6 Å². The van der Waals surface area contributed by atoms with Gasteiger partial charge in [-0.15, -0.1) is 0 Å². The third kappa shape index (κ3) is 2.53. The third-order valence-electron chi connectivity index (χ3n) is 3.93. The minimum Gasteiger partial charge on any atom is -0.392 e. The molecule has 0 saturated carbocycles. The zero-order valence-corrected chi connectivity index (χ0v) is 10.6. The van der Waals surface area contributed by atoms with Crippen LogP contribution in [0.5, 0.6) is 0 Å². The van der Waals surface area contributed by atoms with Crippen LogP contribution < -0.4 is 0 Å². The number of hydrogen-bond acceptors (Lipinski definition) is 2. The molecule has 1 aromatic carbocycles. The van der Waals surface area contributed by atoms with Crippen LogP contribution >= 0.6 is 0 Å². The van der Waals surface area contributed by atoms with Crippen LogP contribution in [0.4, 0.5) is 0 Å². The van der Waals surface area contributed by atoms with Crippen molar-refractivity contribution in [3.05, 3.63) is 35.9 Å². The molecule has 2 nitrogen and oxygen atoms in total. The fourth-order valence-electron chi connectivity index (χ4n) is 2.87. The largest absolute Gasteiger partial charge is 0.392 e. The van der Waals surface area contributed by atoms with Gasteiger partial charge in [-0.05, 0) is 24.8 Å². The Labute approximate surface area is 104 Å². The maximum absolute atomic E-state index is 10.5. The molecular weight excluding hydrogens is 212 g/mol. The monoisotopic (exact) mass is 234 g/mol. The summed E-state index contributed by atoms with van der Waals surface area (Å²) in [5, 5.41) is 10.5. The Hall–Kier alpha value is -0.860. The van der Waals surface area contributed by atoms with Gasteiger partial charge < -0.3 is 9.84 Å². The van der Waals surface area contributed by atoms with E-state index in [-0.39, 0.29) is 11.5 Å². The Balaban J connectivity index is 2.29. The van der Waals surface area contributed by atoms with Crippen LogP contribution in [0.2, 0.25) is 0 Å². The van der Waals surface area contributed by atoms with Gasteiger partial charge in [0.25, 0.3) is 0 Å². The van der Waals surface area contributed by atoms with Crippen LogP contribution in [-0.2, 0) is 10.2 Å². The number of benzene rings is 1. The van der Waals surface area contributed by atoms with Crippen LogP contribution in [0.3, 0.4) is 0 Å². The zero-order valence-electron chi connectivity index (χ0n) is 10.6. The Morgan fingerprint density at radius 3 is 2.47 bits per heavy atom. The molecule has 1 heterocycles. The van der Waals surface area contributed by atoms with E-state index in [0.29, 0.717) is 0 Å². The average Bonchev–Trinajstić information content (AvgIpc) is 2.41. The predicted octanol–water partition coefficient (Wildman–Crippen LogP) is 2.90. The Morgan fingerprint density at radius 2 is 1.88 bits per heavy atom. The van der Waals surface area contributed by atoms with E-state index in [4.69, 9.17) is 4.74 Å². The fourth-order valence-corrected chi connectivity index (χ4v) is 2.87. The van der Waals surface area contributed by atoms with Crippen LogP contribution in [-0.4, -0.2) is 24.4 Å². The first-order valence-electron chi connectivity index (χ1n) is 6.61. The first-order valence-corrected chi connectivity index (χ1v) is 6.61. The summed E-state index contributed by atoms with van der Waals surface area (Å²) in [4.78, 5) is 0. The van der Waals surface area contributed by atoms with Crippen LogP contribution in [0, 0.1) is 0 Å².